The molecule has 94 valence electrons. The number of likely N-dealkylation sites (tertiary alicyclic amines) is 1. The van der Waals surface area contributed by atoms with Gasteiger partial charge in [0.05, 0.1) is 0 Å². The number of nitrogens with zero attached hydrogens (tertiary/aromatic N) is 1. The second kappa shape index (κ2) is 7.66. The largest absolute Gasteiger partial charge is 0.343 e. The number of carbonyl (C=O) groups is 1. The lowest BCUT2D eigenvalue weighted by Crippen LogP contribution is -2.38. The lowest BCUT2D eigenvalue weighted by Gasteiger charge is -2.32. The van der Waals surface area contributed by atoms with Gasteiger partial charge in [0.2, 0.25) is 5.91 Å². The molecule has 0 spiro atoms. The fourth-order valence-corrected chi connectivity index (χ4v) is 2.45. The van der Waals surface area contributed by atoms with Crippen LogP contribution >= 0.6 is 0 Å². The van der Waals surface area contributed by atoms with Crippen molar-refractivity contribution in [3.8, 4) is 0 Å². The quantitative estimate of drug-likeness (QED) is 0.703. The minimum absolute atomic E-state index is 0.352. The van der Waals surface area contributed by atoms with Crippen LogP contribution in [0.3, 0.4) is 0 Å². The van der Waals surface area contributed by atoms with Gasteiger partial charge in [-0.2, -0.15) is 0 Å². The zero-order valence-electron chi connectivity index (χ0n) is 10.8. The van der Waals surface area contributed by atoms with Crippen molar-refractivity contribution in [2.45, 2.75) is 45.4 Å². The van der Waals surface area contributed by atoms with Gasteiger partial charge in [-0.3, -0.25) is 4.79 Å². The van der Waals surface area contributed by atoms with Gasteiger partial charge in [-0.25, -0.2) is 0 Å². The summed E-state index contributed by atoms with van der Waals surface area (Å²) in [6, 6.07) is 0. The van der Waals surface area contributed by atoms with Crippen LogP contribution < -0.4 is 5.32 Å². The Bertz CT molecular complexity index is 198. The van der Waals surface area contributed by atoms with Gasteiger partial charge in [-0.15, -0.1) is 0 Å². The van der Waals surface area contributed by atoms with Crippen molar-refractivity contribution in [3.05, 3.63) is 0 Å². The minimum atomic E-state index is 0.352. The molecule has 1 rings (SSSR count). The van der Waals surface area contributed by atoms with Crippen molar-refractivity contribution in [2.24, 2.45) is 5.92 Å². The number of piperidine rings is 1. The van der Waals surface area contributed by atoms with E-state index in [4.69, 9.17) is 0 Å². The molecule has 0 saturated carbocycles. The number of hydrogen-bond acceptors (Lipinski definition) is 2. The molecule has 1 fully saturated rings. The van der Waals surface area contributed by atoms with Crippen LogP contribution in [0, 0.1) is 5.92 Å². The van der Waals surface area contributed by atoms with E-state index in [-0.39, 0.29) is 0 Å². The SMILES string of the molecule is CCCC1CCN(C(=O)CCCNC)CC1. The third-order valence-corrected chi connectivity index (χ3v) is 3.48. The highest BCUT2D eigenvalue weighted by molar-refractivity contribution is 5.76. The first-order valence-corrected chi connectivity index (χ1v) is 6.70. The molecule has 0 aromatic heterocycles. The fraction of sp³-hybridized carbons (Fsp3) is 0.923. The summed E-state index contributed by atoms with van der Waals surface area (Å²) >= 11 is 0. The molecule has 0 unspecified atom stereocenters. The number of hydrogen-bond donors (Lipinski definition) is 1. The summed E-state index contributed by atoms with van der Waals surface area (Å²) < 4.78 is 0. The zero-order chi connectivity index (χ0) is 11.8. The first-order valence-electron chi connectivity index (χ1n) is 6.70. The molecule has 0 aromatic rings. The van der Waals surface area contributed by atoms with E-state index in [9.17, 15) is 4.79 Å². The Labute approximate surface area is 99.6 Å². The van der Waals surface area contributed by atoms with Crippen LogP contribution in [0.15, 0.2) is 0 Å². The maximum Gasteiger partial charge on any atom is 0.222 e. The maximum atomic E-state index is 11.8. The van der Waals surface area contributed by atoms with Crippen LogP contribution in [0.2, 0.25) is 0 Å². The molecule has 1 N–H and O–H groups in total. The lowest BCUT2D eigenvalue weighted by atomic mass is 9.92. The van der Waals surface area contributed by atoms with E-state index in [1.807, 2.05) is 7.05 Å². The van der Waals surface area contributed by atoms with Crippen LogP contribution in [-0.2, 0) is 4.79 Å². The van der Waals surface area contributed by atoms with Gasteiger partial charge in [-0.05, 0) is 38.8 Å². The minimum Gasteiger partial charge on any atom is -0.343 e. The van der Waals surface area contributed by atoms with Crippen molar-refractivity contribution in [3.63, 3.8) is 0 Å². The van der Waals surface area contributed by atoms with E-state index in [2.05, 4.69) is 17.1 Å². The molecule has 0 bridgehead atoms. The molecule has 0 atom stereocenters. The molecule has 0 aliphatic carbocycles. The molecule has 1 aliphatic rings. The van der Waals surface area contributed by atoms with E-state index in [0.717, 1.165) is 32.0 Å². The maximum absolute atomic E-state index is 11.8. The van der Waals surface area contributed by atoms with Crippen molar-refractivity contribution in [1.82, 2.24) is 10.2 Å². The number of amides is 1. The highest BCUT2D eigenvalue weighted by Gasteiger charge is 2.21. The monoisotopic (exact) mass is 226 g/mol. The molecule has 0 radical (unpaired) electrons. The third-order valence-electron chi connectivity index (χ3n) is 3.48. The van der Waals surface area contributed by atoms with E-state index in [1.165, 1.54) is 25.7 Å². The molecule has 1 aliphatic heterocycles. The van der Waals surface area contributed by atoms with Crippen molar-refractivity contribution >= 4 is 5.91 Å². The van der Waals surface area contributed by atoms with Gasteiger partial charge in [-0.1, -0.05) is 19.8 Å². The van der Waals surface area contributed by atoms with Gasteiger partial charge in [0.15, 0.2) is 0 Å². The highest BCUT2D eigenvalue weighted by atomic mass is 16.2. The fourth-order valence-electron chi connectivity index (χ4n) is 2.45. The lowest BCUT2D eigenvalue weighted by molar-refractivity contribution is -0.132. The van der Waals surface area contributed by atoms with Crippen LogP contribution in [-0.4, -0.2) is 37.5 Å². The van der Waals surface area contributed by atoms with Gasteiger partial charge in [0.25, 0.3) is 0 Å². The topological polar surface area (TPSA) is 32.3 Å². The molecule has 3 nitrogen and oxygen atoms in total. The smallest absolute Gasteiger partial charge is 0.222 e. The standard InChI is InChI=1S/C13H26N2O/c1-3-5-12-7-10-15(11-8-12)13(16)6-4-9-14-2/h12,14H,3-11H2,1-2H3. The molecule has 1 amide bonds. The Morgan fingerprint density at radius 1 is 1.38 bits per heavy atom. The van der Waals surface area contributed by atoms with Gasteiger partial charge >= 0.3 is 0 Å². The van der Waals surface area contributed by atoms with E-state index >= 15 is 0 Å². The van der Waals surface area contributed by atoms with Crippen molar-refractivity contribution in [1.29, 1.82) is 0 Å². The molecule has 0 aromatic carbocycles. The van der Waals surface area contributed by atoms with Gasteiger partial charge in [0.1, 0.15) is 0 Å². The summed E-state index contributed by atoms with van der Waals surface area (Å²) in [4.78, 5) is 13.9. The first kappa shape index (κ1) is 13.5. The normalized spacial score (nSPS) is 17.8. The summed E-state index contributed by atoms with van der Waals surface area (Å²) in [6.45, 7) is 5.17. The Morgan fingerprint density at radius 2 is 2.06 bits per heavy atom. The Kier molecular flexibility index (Phi) is 6.46. The summed E-state index contributed by atoms with van der Waals surface area (Å²) in [7, 11) is 1.93. The summed E-state index contributed by atoms with van der Waals surface area (Å²) in [5.74, 6) is 1.22. The van der Waals surface area contributed by atoms with E-state index in [1.54, 1.807) is 0 Å². The molecular formula is C13H26N2O. The second-order valence-corrected chi connectivity index (χ2v) is 4.82. The van der Waals surface area contributed by atoms with E-state index < -0.39 is 0 Å². The predicted molar refractivity (Wildman–Crippen MR) is 67.4 cm³/mol. The second-order valence-electron chi connectivity index (χ2n) is 4.82. The van der Waals surface area contributed by atoms with Crippen LogP contribution in [0.5, 0.6) is 0 Å². The first-order chi connectivity index (χ1) is 7.77. The van der Waals surface area contributed by atoms with Crippen molar-refractivity contribution < 1.29 is 4.79 Å². The van der Waals surface area contributed by atoms with Gasteiger partial charge < -0.3 is 10.2 Å². The number of nitrogens with one attached hydrogen (secondary N) is 1. The Morgan fingerprint density at radius 3 is 2.62 bits per heavy atom. The molecule has 1 heterocycles. The summed E-state index contributed by atoms with van der Waals surface area (Å²) in [5.41, 5.74) is 0. The zero-order valence-corrected chi connectivity index (χ0v) is 10.8. The molecular weight excluding hydrogens is 200 g/mol. The highest BCUT2D eigenvalue weighted by Crippen LogP contribution is 2.22. The summed E-state index contributed by atoms with van der Waals surface area (Å²) in [5, 5.41) is 3.08. The third kappa shape index (κ3) is 4.52. The molecule has 16 heavy (non-hydrogen) atoms. The average molecular weight is 226 g/mol. The average Bonchev–Trinajstić information content (AvgIpc) is 2.30. The Balaban J connectivity index is 2.17. The van der Waals surface area contributed by atoms with Crippen LogP contribution in [0.1, 0.15) is 45.4 Å². The molecule has 1 saturated heterocycles. The number of carbonyl (C=O) groups excluding carboxylic acids is 1. The Hall–Kier alpha value is -0.570. The number of rotatable bonds is 6. The summed E-state index contributed by atoms with van der Waals surface area (Å²) in [6.07, 6.45) is 6.71. The van der Waals surface area contributed by atoms with E-state index in [0.29, 0.717) is 12.3 Å². The van der Waals surface area contributed by atoms with Crippen molar-refractivity contribution in [2.75, 3.05) is 26.7 Å². The van der Waals surface area contributed by atoms with Crippen LogP contribution in [0.25, 0.3) is 0 Å². The van der Waals surface area contributed by atoms with Gasteiger partial charge in [0, 0.05) is 19.5 Å². The molecule has 3 heteroatoms. The van der Waals surface area contributed by atoms with Crippen LogP contribution in [0.4, 0.5) is 0 Å². The predicted octanol–water partition coefficient (Wildman–Crippen LogP) is 2.02.